The van der Waals surface area contributed by atoms with Gasteiger partial charge in [-0.25, -0.2) is 0 Å². The van der Waals surface area contributed by atoms with Gasteiger partial charge in [-0.05, 0) is 43.4 Å². The second kappa shape index (κ2) is 5.54. The molecule has 1 aliphatic heterocycles. The molecule has 1 heterocycles. The van der Waals surface area contributed by atoms with E-state index in [0.29, 0.717) is 0 Å². The molecule has 0 aliphatic carbocycles. The van der Waals surface area contributed by atoms with Crippen molar-refractivity contribution in [3.63, 3.8) is 0 Å². The zero-order valence-electron chi connectivity index (χ0n) is 11.0. The van der Waals surface area contributed by atoms with Crippen molar-refractivity contribution in [2.24, 2.45) is 11.7 Å². The molecule has 2 nitrogen and oxygen atoms in total. The Bertz CT molecular complexity index is 342. The Morgan fingerprint density at radius 2 is 2.06 bits per heavy atom. The maximum absolute atomic E-state index is 5.87. The third kappa shape index (κ3) is 3.01. The van der Waals surface area contributed by atoms with E-state index in [-0.39, 0.29) is 6.04 Å². The molecule has 1 aromatic rings. The Balaban J connectivity index is 1.99. The van der Waals surface area contributed by atoms with E-state index >= 15 is 0 Å². The summed E-state index contributed by atoms with van der Waals surface area (Å²) < 4.78 is 0. The number of hydrogen-bond acceptors (Lipinski definition) is 2. The van der Waals surface area contributed by atoms with E-state index < -0.39 is 0 Å². The molecular weight excluding hydrogens is 208 g/mol. The van der Waals surface area contributed by atoms with Crippen LogP contribution in [0.4, 0.5) is 5.69 Å². The Hall–Kier alpha value is -1.02. The maximum Gasteiger partial charge on any atom is 0.0366 e. The molecule has 0 aromatic heterocycles. The van der Waals surface area contributed by atoms with Gasteiger partial charge in [-0.1, -0.05) is 25.5 Å². The molecule has 1 aliphatic rings. The lowest BCUT2D eigenvalue weighted by Crippen LogP contribution is -2.19. The smallest absolute Gasteiger partial charge is 0.0366 e. The minimum atomic E-state index is 0.135. The zero-order chi connectivity index (χ0) is 12.3. The number of nitrogens with two attached hydrogens (primary N) is 1. The van der Waals surface area contributed by atoms with Crippen molar-refractivity contribution in [2.75, 3.05) is 18.0 Å². The topological polar surface area (TPSA) is 29.3 Å². The summed E-state index contributed by atoms with van der Waals surface area (Å²) in [5.74, 6) is 0.896. The second-order valence-corrected chi connectivity index (χ2v) is 5.27. The van der Waals surface area contributed by atoms with Crippen LogP contribution >= 0.6 is 0 Å². The molecule has 2 atom stereocenters. The van der Waals surface area contributed by atoms with Crippen molar-refractivity contribution in [1.29, 1.82) is 0 Å². The van der Waals surface area contributed by atoms with Gasteiger partial charge in [-0.2, -0.15) is 0 Å². The Morgan fingerprint density at radius 3 is 2.65 bits per heavy atom. The third-order valence-corrected chi connectivity index (χ3v) is 3.77. The zero-order valence-corrected chi connectivity index (χ0v) is 11.0. The standard InChI is InChI=1S/C15H24N2/c1-3-4-13-9-10-17(11-13)15-7-5-14(6-8-15)12(2)16/h5-8,12-13H,3-4,9-11,16H2,1-2H3/t12-,13?/m0/s1. The normalized spacial score (nSPS) is 21.8. The fourth-order valence-electron chi connectivity index (χ4n) is 2.70. The van der Waals surface area contributed by atoms with Crippen LogP contribution in [-0.2, 0) is 0 Å². The van der Waals surface area contributed by atoms with Crippen LogP contribution in [0.15, 0.2) is 24.3 Å². The van der Waals surface area contributed by atoms with Gasteiger partial charge in [0.25, 0.3) is 0 Å². The van der Waals surface area contributed by atoms with Gasteiger partial charge >= 0.3 is 0 Å². The van der Waals surface area contributed by atoms with Gasteiger partial charge in [0, 0.05) is 24.8 Å². The van der Waals surface area contributed by atoms with Gasteiger partial charge in [-0.3, -0.25) is 0 Å². The molecule has 1 aromatic carbocycles. The van der Waals surface area contributed by atoms with Crippen LogP contribution in [0.3, 0.4) is 0 Å². The molecule has 17 heavy (non-hydrogen) atoms. The van der Waals surface area contributed by atoms with Gasteiger partial charge in [0.1, 0.15) is 0 Å². The van der Waals surface area contributed by atoms with Crippen molar-refractivity contribution in [1.82, 2.24) is 0 Å². The molecule has 2 rings (SSSR count). The van der Waals surface area contributed by atoms with Crippen LogP contribution in [0.2, 0.25) is 0 Å². The van der Waals surface area contributed by atoms with Crippen molar-refractivity contribution < 1.29 is 0 Å². The third-order valence-electron chi connectivity index (χ3n) is 3.77. The highest BCUT2D eigenvalue weighted by Crippen LogP contribution is 2.27. The molecule has 94 valence electrons. The predicted octanol–water partition coefficient (Wildman–Crippen LogP) is 3.33. The van der Waals surface area contributed by atoms with Gasteiger partial charge in [0.05, 0.1) is 0 Å². The Labute approximate surface area is 105 Å². The lowest BCUT2D eigenvalue weighted by molar-refractivity contribution is 0.530. The lowest BCUT2D eigenvalue weighted by Gasteiger charge is -2.19. The summed E-state index contributed by atoms with van der Waals surface area (Å²) in [5, 5.41) is 0. The van der Waals surface area contributed by atoms with Crippen LogP contribution in [0.1, 0.15) is 44.7 Å². The molecule has 2 N–H and O–H groups in total. The number of hydrogen-bond donors (Lipinski definition) is 1. The fourth-order valence-corrected chi connectivity index (χ4v) is 2.70. The summed E-state index contributed by atoms with van der Waals surface area (Å²) in [6, 6.07) is 8.89. The first kappa shape index (κ1) is 12.4. The highest BCUT2D eigenvalue weighted by Gasteiger charge is 2.21. The summed E-state index contributed by atoms with van der Waals surface area (Å²) in [6.07, 6.45) is 4.03. The molecule has 0 bridgehead atoms. The van der Waals surface area contributed by atoms with E-state index in [4.69, 9.17) is 5.73 Å². The number of anilines is 1. The van der Waals surface area contributed by atoms with E-state index in [9.17, 15) is 0 Å². The average Bonchev–Trinajstić information content (AvgIpc) is 2.78. The molecule has 1 unspecified atom stereocenters. The summed E-state index contributed by atoms with van der Waals surface area (Å²) >= 11 is 0. The molecular formula is C15H24N2. The largest absolute Gasteiger partial charge is 0.371 e. The molecule has 0 radical (unpaired) electrons. The van der Waals surface area contributed by atoms with Crippen molar-refractivity contribution >= 4 is 5.69 Å². The Morgan fingerprint density at radius 1 is 1.35 bits per heavy atom. The lowest BCUT2D eigenvalue weighted by atomic mass is 10.0. The van der Waals surface area contributed by atoms with Crippen LogP contribution in [-0.4, -0.2) is 13.1 Å². The van der Waals surface area contributed by atoms with Crippen molar-refractivity contribution in [3.05, 3.63) is 29.8 Å². The number of benzene rings is 1. The first-order valence-electron chi connectivity index (χ1n) is 6.81. The highest BCUT2D eigenvalue weighted by molar-refractivity contribution is 5.48. The fraction of sp³-hybridized carbons (Fsp3) is 0.600. The Kier molecular flexibility index (Phi) is 4.06. The molecule has 0 amide bonds. The highest BCUT2D eigenvalue weighted by atomic mass is 15.1. The van der Waals surface area contributed by atoms with Crippen LogP contribution < -0.4 is 10.6 Å². The van der Waals surface area contributed by atoms with Gasteiger partial charge in [-0.15, -0.1) is 0 Å². The summed E-state index contributed by atoms with van der Waals surface area (Å²) in [6.45, 7) is 6.75. The monoisotopic (exact) mass is 232 g/mol. The van der Waals surface area contributed by atoms with Crippen LogP contribution in [0, 0.1) is 5.92 Å². The number of nitrogens with zero attached hydrogens (tertiary/aromatic N) is 1. The van der Waals surface area contributed by atoms with E-state index in [1.54, 1.807) is 0 Å². The molecule has 0 spiro atoms. The van der Waals surface area contributed by atoms with Gasteiger partial charge in [0.15, 0.2) is 0 Å². The van der Waals surface area contributed by atoms with Crippen LogP contribution in [0.5, 0.6) is 0 Å². The van der Waals surface area contributed by atoms with E-state index in [1.165, 1.54) is 43.6 Å². The average molecular weight is 232 g/mol. The van der Waals surface area contributed by atoms with Crippen LogP contribution in [0.25, 0.3) is 0 Å². The minimum Gasteiger partial charge on any atom is -0.371 e. The van der Waals surface area contributed by atoms with Crippen molar-refractivity contribution in [3.8, 4) is 0 Å². The van der Waals surface area contributed by atoms with E-state index in [1.807, 2.05) is 6.92 Å². The predicted molar refractivity (Wildman–Crippen MR) is 74.3 cm³/mol. The molecule has 1 saturated heterocycles. The molecule has 0 saturated carbocycles. The first-order chi connectivity index (χ1) is 8.20. The van der Waals surface area contributed by atoms with Gasteiger partial charge in [0.2, 0.25) is 0 Å². The molecule has 1 fully saturated rings. The SMILES string of the molecule is CCCC1CCN(c2ccc([C@H](C)N)cc2)C1. The summed E-state index contributed by atoms with van der Waals surface area (Å²) in [5.41, 5.74) is 8.44. The number of rotatable bonds is 4. The quantitative estimate of drug-likeness (QED) is 0.862. The summed E-state index contributed by atoms with van der Waals surface area (Å²) in [4.78, 5) is 2.51. The molecule has 2 heteroatoms. The first-order valence-corrected chi connectivity index (χ1v) is 6.81. The minimum absolute atomic E-state index is 0.135. The van der Waals surface area contributed by atoms with Crippen molar-refractivity contribution in [2.45, 2.75) is 39.2 Å². The summed E-state index contributed by atoms with van der Waals surface area (Å²) in [7, 11) is 0. The second-order valence-electron chi connectivity index (χ2n) is 5.27. The van der Waals surface area contributed by atoms with E-state index in [2.05, 4.69) is 36.1 Å². The van der Waals surface area contributed by atoms with Gasteiger partial charge < -0.3 is 10.6 Å². The maximum atomic E-state index is 5.87. The van der Waals surface area contributed by atoms with E-state index in [0.717, 1.165) is 5.92 Å².